The smallest absolute Gasteiger partial charge is 0.124 e. The van der Waals surface area contributed by atoms with Crippen LogP contribution in [0.3, 0.4) is 0 Å². The fraction of sp³-hybridized carbons (Fsp3) is 0.273. The summed E-state index contributed by atoms with van der Waals surface area (Å²) < 4.78 is 6.16. The molecule has 3 rings (SSSR count). The summed E-state index contributed by atoms with van der Waals surface area (Å²) >= 11 is 0. The van der Waals surface area contributed by atoms with Crippen molar-refractivity contribution >= 4 is 23.2 Å². The highest BCUT2D eigenvalue weighted by Gasteiger charge is 2.10. The lowest BCUT2D eigenvalue weighted by molar-refractivity contribution is 0.302. The van der Waals surface area contributed by atoms with Crippen LogP contribution in [-0.2, 0) is 13.2 Å². The maximum Gasteiger partial charge on any atom is 0.124 e. The topological polar surface area (TPSA) is 21.3 Å². The lowest BCUT2D eigenvalue weighted by atomic mass is 10.0. The van der Waals surface area contributed by atoms with Crippen molar-refractivity contribution in [2.75, 3.05) is 0 Å². The van der Waals surface area contributed by atoms with Gasteiger partial charge in [-0.3, -0.25) is 0 Å². The zero-order chi connectivity index (χ0) is 16.8. The molecule has 25 heavy (non-hydrogen) atoms. The van der Waals surface area contributed by atoms with Gasteiger partial charge >= 0.3 is 0 Å². The zero-order valence-corrected chi connectivity index (χ0v) is 15.7. The Hall–Kier alpha value is -2.03. The van der Waals surface area contributed by atoms with Crippen LogP contribution in [0.25, 0.3) is 10.8 Å². The second-order valence-electron chi connectivity index (χ2n) is 6.23. The van der Waals surface area contributed by atoms with E-state index in [2.05, 4.69) is 67.7 Å². The van der Waals surface area contributed by atoms with Crippen LogP contribution in [0.15, 0.2) is 66.7 Å². The molecular weight excluding hydrogens is 330 g/mol. The van der Waals surface area contributed by atoms with Gasteiger partial charge in [0.2, 0.25) is 0 Å². The van der Waals surface area contributed by atoms with Gasteiger partial charge in [0, 0.05) is 18.2 Å². The van der Waals surface area contributed by atoms with Gasteiger partial charge in [-0.2, -0.15) is 0 Å². The van der Waals surface area contributed by atoms with Crippen LogP contribution in [0.1, 0.15) is 31.4 Å². The van der Waals surface area contributed by atoms with Gasteiger partial charge in [-0.1, -0.05) is 67.6 Å². The summed E-state index contributed by atoms with van der Waals surface area (Å²) in [5.41, 5.74) is 2.43. The molecule has 3 heteroatoms. The summed E-state index contributed by atoms with van der Waals surface area (Å²) in [4.78, 5) is 0. The Kier molecular flexibility index (Phi) is 7.30. The van der Waals surface area contributed by atoms with Crippen LogP contribution < -0.4 is 10.1 Å². The fourth-order valence-corrected chi connectivity index (χ4v) is 2.79. The molecule has 0 aliphatic heterocycles. The second kappa shape index (κ2) is 9.45. The van der Waals surface area contributed by atoms with Crippen molar-refractivity contribution in [3.8, 4) is 5.75 Å². The van der Waals surface area contributed by atoms with E-state index in [1.54, 1.807) is 0 Å². The maximum atomic E-state index is 6.16. The van der Waals surface area contributed by atoms with Gasteiger partial charge in [0.1, 0.15) is 12.4 Å². The summed E-state index contributed by atoms with van der Waals surface area (Å²) in [7, 11) is 0. The minimum atomic E-state index is 0. The van der Waals surface area contributed by atoms with Crippen molar-refractivity contribution in [2.24, 2.45) is 0 Å². The van der Waals surface area contributed by atoms with Crippen LogP contribution >= 0.6 is 12.4 Å². The van der Waals surface area contributed by atoms with Crippen LogP contribution in [0.4, 0.5) is 0 Å². The first-order valence-electron chi connectivity index (χ1n) is 8.68. The quantitative estimate of drug-likeness (QED) is 0.584. The normalized spacial score (nSPS) is 11.8. The predicted molar refractivity (Wildman–Crippen MR) is 109 cm³/mol. The summed E-state index contributed by atoms with van der Waals surface area (Å²) in [6.07, 6.45) is 1.12. The minimum absolute atomic E-state index is 0. The molecule has 1 unspecified atom stereocenters. The molecule has 3 aromatic rings. The Morgan fingerprint density at radius 1 is 0.920 bits per heavy atom. The van der Waals surface area contributed by atoms with Crippen LogP contribution in [0.2, 0.25) is 0 Å². The monoisotopic (exact) mass is 355 g/mol. The van der Waals surface area contributed by atoms with E-state index in [9.17, 15) is 0 Å². The van der Waals surface area contributed by atoms with Crippen LogP contribution in [-0.4, -0.2) is 6.04 Å². The number of rotatable bonds is 7. The molecule has 0 amide bonds. The summed E-state index contributed by atoms with van der Waals surface area (Å²) in [6.45, 7) is 5.83. The molecule has 0 saturated heterocycles. The standard InChI is InChI=1S/C22H25NO.ClH/c1-3-17(2)23-15-21-20-12-8-7-11-19(20)13-14-22(21)24-16-18-9-5-4-6-10-18;/h4-14,17,23H,3,15-16H2,1-2H3;1H. The molecular formula is C22H26ClNO. The Bertz CT molecular complexity index is 788. The lowest BCUT2D eigenvalue weighted by Crippen LogP contribution is -2.24. The van der Waals surface area contributed by atoms with Gasteiger partial charge in [0.25, 0.3) is 0 Å². The molecule has 132 valence electrons. The highest BCUT2D eigenvalue weighted by molar-refractivity contribution is 5.87. The molecule has 3 aromatic carbocycles. The molecule has 0 heterocycles. The minimum Gasteiger partial charge on any atom is -0.489 e. The first-order valence-corrected chi connectivity index (χ1v) is 8.68. The number of fused-ring (bicyclic) bond motifs is 1. The third-order valence-electron chi connectivity index (χ3n) is 4.47. The molecule has 0 bridgehead atoms. The molecule has 1 atom stereocenters. The third kappa shape index (κ3) is 4.97. The average molecular weight is 356 g/mol. The van der Waals surface area contributed by atoms with Gasteiger partial charge in [-0.25, -0.2) is 0 Å². The molecule has 0 fully saturated rings. The number of halogens is 1. The van der Waals surface area contributed by atoms with E-state index in [1.807, 2.05) is 18.2 Å². The van der Waals surface area contributed by atoms with Crippen molar-refractivity contribution in [1.29, 1.82) is 0 Å². The summed E-state index contributed by atoms with van der Waals surface area (Å²) in [5.74, 6) is 0.966. The van der Waals surface area contributed by atoms with Crippen molar-refractivity contribution in [2.45, 2.75) is 39.5 Å². The largest absolute Gasteiger partial charge is 0.489 e. The van der Waals surface area contributed by atoms with Crippen LogP contribution in [0, 0.1) is 0 Å². The fourth-order valence-electron chi connectivity index (χ4n) is 2.79. The number of ether oxygens (including phenoxy) is 1. The third-order valence-corrected chi connectivity index (χ3v) is 4.47. The maximum absolute atomic E-state index is 6.16. The number of benzene rings is 3. The molecule has 0 radical (unpaired) electrons. The van der Waals surface area contributed by atoms with Gasteiger partial charge in [-0.15, -0.1) is 12.4 Å². The van der Waals surface area contributed by atoms with E-state index in [1.165, 1.54) is 21.9 Å². The first kappa shape index (κ1) is 19.3. The van der Waals surface area contributed by atoms with Crippen LogP contribution in [0.5, 0.6) is 5.75 Å². The number of nitrogens with one attached hydrogen (secondary N) is 1. The van der Waals surface area contributed by atoms with Gasteiger partial charge in [0.15, 0.2) is 0 Å². The summed E-state index contributed by atoms with van der Waals surface area (Å²) in [6, 6.07) is 23.6. The molecule has 2 nitrogen and oxygen atoms in total. The highest BCUT2D eigenvalue weighted by Crippen LogP contribution is 2.29. The number of hydrogen-bond donors (Lipinski definition) is 1. The van der Waals surface area contributed by atoms with E-state index in [4.69, 9.17) is 4.74 Å². The van der Waals surface area contributed by atoms with Crippen molar-refractivity contribution in [3.63, 3.8) is 0 Å². The molecule has 0 aromatic heterocycles. The lowest BCUT2D eigenvalue weighted by Gasteiger charge is -2.17. The van der Waals surface area contributed by atoms with Gasteiger partial charge < -0.3 is 10.1 Å². The Labute approximate surface area is 156 Å². The van der Waals surface area contributed by atoms with Gasteiger partial charge in [0.05, 0.1) is 0 Å². The van der Waals surface area contributed by atoms with Gasteiger partial charge in [-0.05, 0) is 35.7 Å². The van der Waals surface area contributed by atoms with E-state index in [0.29, 0.717) is 12.6 Å². The molecule has 0 aliphatic rings. The molecule has 0 saturated carbocycles. The number of hydrogen-bond acceptors (Lipinski definition) is 2. The van der Waals surface area contributed by atoms with E-state index < -0.39 is 0 Å². The molecule has 1 N–H and O–H groups in total. The Balaban J connectivity index is 0.00000225. The zero-order valence-electron chi connectivity index (χ0n) is 14.9. The predicted octanol–water partition coefficient (Wildman–Crippen LogP) is 5.73. The van der Waals surface area contributed by atoms with E-state index in [0.717, 1.165) is 18.7 Å². The molecule has 0 spiro atoms. The van der Waals surface area contributed by atoms with E-state index >= 15 is 0 Å². The van der Waals surface area contributed by atoms with Crippen molar-refractivity contribution in [3.05, 3.63) is 77.9 Å². The Morgan fingerprint density at radius 3 is 2.40 bits per heavy atom. The summed E-state index contributed by atoms with van der Waals surface area (Å²) in [5, 5.41) is 6.12. The second-order valence-corrected chi connectivity index (χ2v) is 6.23. The Morgan fingerprint density at radius 2 is 1.64 bits per heavy atom. The SMILES string of the molecule is CCC(C)NCc1c(OCc2ccccc2)ccc2ccccc12.Cl. The molecule has 0 aliphatic carbocycles. The van der Waals surface area contributed by atoms with E-state index in [-0.39, 0.29) is 12.4 Å². The van der Waals surface area contributed by atoms with Crippen molar-refractivity contribution in [1.82, 2.24) is 5.32 Å². The first-order chi connectivity index (χ1) is 11.8. The van der Waals surface area contributed by atoms with Crippen molar-refractivity contribution < 1.29 is 4.74 Å². The highest BCUT2D eigenvalue weighted by atomic mass is 35.5. The average Bonchev–Trinajstić information content (AvgIpc) is 2.65.